The summed E-state index contributed by atoms with van der Waals surface area (Å²) >= 11 is 0. The lowest BCUT2D eigenvalue weighted by Crippen LogP contribution is -2.09. The highest BCUT2D eigenvalue weighted by molar-refractivity contribution is 6.00. The van der Waals surface area contributed by atoms with Crippen LogP contribution in [0.5, 0.6) is 0 Å². The number of rotatable bonds is 6. The lowest BCUT2D eigenvalue weighted by molar-refractivity contribution is 0.805. The van der Waals surface area contributed by atoms with E-state index in [-0.39, 0.29) is 0 Å². The molecule has 4 aromatic carbocycles. The number of anilines is 1. The SMILES string of the molecule is CC(CNc1cccc(N=Cc2cccc3ccccc23)c1)c1ccccc1. The molecule has 0 fully saturated rings. The van der Waals surface area contributed by atoms with Crippen molar-refractivity contribution in [3.63, 3.8) is 0 Å². The Morgan fingerprint density at radius 2 is 1.57 bits per heavy atom. The Bertz CT molecular complexity index is 1080. The van der Waals surface area contributed by atoms with Gasteiger partial charge >= 0.3 is 0 Å². The van der Waals surface area contributed by atoms with E-state index < -0.39 is 0 Å². The van der Waals surface area contributed by atoms with Crippen molar-refractivity contribution in [3.05, 3.63) is 108 Å². The van der Waals surface area contributed by atoms with Crippen molar-refractivity contribution in [1.82, 2.24) is 0 Å². The molecular weight excluding hydrogens is 340 g/mol. The Balaban J connectivity index is 1.47. The predicted octanol–water partition coefficient (Wildman–Crippen LogP) is 6.81. The lowest BCUT2D eigenvalue weighted by atomic mass is 10.0. The summed E-state index contributed by atoms with van der Waals surface area (Å²) in [5.41, 5.74) is 4.52. The van der Waals surface area contributed by atoms with Gasteiger partial charge in [0.1, 0.15) is 0 Å². The van der Waals surface area contributed by atoms with Crippen molar-refractivity contribution in [1.29, 1.82) is 0 Å². The zero-order chi connectivity index (χ0) is 19.2. The van der Waals surface area contributed by atoms with E-state index in [9.17, 15) is 0 Å². The molecule has 0 bridgehead atoms. The average Bonchev–Trinajstić information content (AvgIpc) is 2.77. The molecule has 0 amide bonds. The van der Waals surface area contributed by atoms with Crippen LogP contribution in [0.25, 0.3) is 10.8 Å². The largest absolute Gasteiger partial charge is 0.384 e. The molecule has 0 saturated carbocycles. The van der Waals surface area contributed by atoms with E-state index in [1.165, 1.54) is 16.3 Å². The van der Waals surface area contributed by atoms with Crippen LogP contribution in [-0.4, -0.2) is 12.8 Å². The van der Waals surface area contributed by atoms with Crippen LogP contribution in [-0.2, 0) is 0 Å². The summed E-state index contributed by atoms with van der Waals surface area (Å²) in [6.45, 7) is 3.13. The first-order chi connectivity index (χ1) is 13.8. The van der Waals surface area contributed by atoms with Gasteiger partial charge < -0.3 is 5.32 Å². The molecule has 2 heteroatoms. The van der Waals surface area contributed by atoms with Gasteiger partial charge in [0.05, 0.1) is 5.69 Å². The van der Waals surface area contributed by atoms with E-state index in [0.29, 0.717) is 5.92 Å². The molecule has 1 unspecified atom stereocenters. The molecule has 4 aromatic rings. The number of fused-ring (bicyclic) bond motifs is 1. The van der Waals surface area contributed by atoms with Crippen LogP contribution in [0.15, 0.2) is 102 Å². The van der Waals surface area contributed by atoms with Gasteiger partial charge in [0.2, 0.25) is 0 Å². The van der Waals surface area contributed by atoms with E-state index in [0.717, 1.165) is 23.5 Å². The van der Waals surface area contributed by atoms with Crippen LogP contribution in [0.2, 0.25) is 0 Å². The highest BCUT2D eigenvalue weighted by Gasteiger charge is 2.04. The Hall–Kier alpha value is -3.39. The molecule has 0 aliphatic carbocycles. The monoisotopic (exact) mass is 364 g/mol. The van der Waals surface area contributed by atoms with Gasteiger partial charge in [0, 0.05) is 24.0 Å². The summed E-state index contributed by atoms with van der Waals surface area (Å²) in [5.74, 6) is 0.448. The van der Waals surface area contributed by atoms with Crippen molar-refractivity contribution in [2.45, 2.75) is 12.8 Å². The van der Waals surface area contributed by atoms with E-state index >= 15 is 0 Å². The maximum atomic E-state index is 4.71. The molecule has 0 spiro atoms. The molecule has 0 aromatic heterocycles. The average molecular weight is 364 g/mol. The second kappa shape index (κ2) is 8.53. The molecule has 0 heterocycles. The normalized spacial score (nSPS) is 12.3. The third-order valence-electron chi connectivity index (χ3n) is 5.00. The van der Waals surface area contributed by atoms with Gasteiger partial charge in [0.15, 0.2) is 0 Å². The van der Waals surface area contributed by atoms with Gasteiger partial charge in [-0.05, 0) is 40.5 Å². The van der Waals surface area contributed by atoms with Crippen LogP contribution >= 0.6 is 0 Å². The minimum absolute atomic E-state index is 0.448. The first kappa shape index (κ1) is 18.0. The van der Waals surface area contributed by atoms with E-state index in [4.69, 9.17) is 4.99 Å². The molecule has 0 aliphatic rings. The molecule has 2 nitrogen and oxygen atoms in total. The number of hydrogen-bond donors (Lipinski definition) is 1. The van der Waals surface area contributed by atoms with Crippen LogP contribution in [0.1, 0.15) is 24.0 Å². The van der Waals surface area contributed by atoms with Gasteiger partial charge in [-0.15, -0.1) is 0 Å². The highest BCUT2D eigenvalue weighted by Crippen LogP contribution is 2.22. The molecule has 0 aliphatic heterocycles. The second-order valence-corrected chi connectivity index (χ2v) is 7.07. The van der Waals surface area contributed by atoms with Crippen LogP contribution in [0.4, 0.5) is 11.4 Å². The zero-order valence-corrected chi connectivity index (χ0v) is 16.0. The quantitative estimate of drug-likeness (QED) is 0.374. The van der Waals surface area contributed by atoms with Crippen molar-refractivity contribution < 1.29 is 0 Å². The summed E-state index contributed by atoms with van der Waals surface area (Å²) in [4.78, 5) is 4.71. The summed E-state index contributed by atoms with van der Waals surface area (Å²) in [6.07, 6.45) is 1.95. The van der Waals surface area contributed by atoms with Gasteiger partial charge in [0.25, 0.3) is 0 Å². The number of nitrogens with one attached hydrogen (secondary N) is 1. The topological polar surface area (TPSA) is 24.4 Å². The summed E-state index contributed by atoms with van der Waals surface area (Å²) < 4.78 is 0. The van der Waals surface area contributed by atoms with Gasteiger partial charge in [-0.2, -0.15) is 0 Å². The van der Waals surface area contributed by atoms with E-state index in [2.05, 4.69) is 97.2 Å². The molecule has 138 valence electrons. The standard InChI is InChI=1S/C26H24N2/c1-20(21-9-3-2-4-10-21)18-27-24-14-8-15-25(17-24)28-19-23-13-7-12-22-11-5-6-16-26(22)23/h2-17,19-20,27H,18H2,1H3. The second-order valence-electron chi connectivity index (χ2n) is 7.07. The first-order valence-electron chi connectivity index (χ1n) is 9.70. The fraction of sp³-hybridized carbons (Fsp3) is 0.115. The molecular formula is C26H24N2. The van der Waals surface area contributed by atoms with Gasteiger partial charge in [-0.3, -0.25) is 4.99 Å². The zero-order valence-electron chi connectivity index (χ0n) is 16.0. The number of aliphatic imine (C=N–C) groups is 1. The fourth-order valence-electron chi connectivity index (χ4n) is 3.37. The van der Waals surface area contributed by atoms with Crippen molar-refractivity contribution >= 4 is 28.4 Å². The van der Waals surface area contributed by atoms with Crippen LogP contribution in [0.3, 0.4) is 0 Å². The molecule has 1 atom stereocenters. The number of nitrogens with zero attached hydrogens (tertiary/aromatic N) is 1. The molecule has 0 radical (unpaired) electrons. The van der Waals surface area contributed by atoms with Crippen molar-refractivity contribution in [2.75, 3.05) is 11.9 Å². The Morgan fingerprint density at radius 1 is 0.821 bits per heavy atom. The summed E-state index contributed by atoms with van der Waals surface area (Å²) in [7, 11) is 0. The molecule has 4 rings (SSSR count). The smallest absolute Gasteiger partial charge is 0.0650 e. The predicted molar refractivity (Wildman–Crippen MR) is 121 cm³/mol. The summed E-state index contributed by atoms with van der Waals surface area (Å²) in [6, 6.07) is 33.6. The third-order valence-corrected chi connectivity index (χ3v) is 5.00. The van der Waals surface area contributed by atoms with Crippen molar-refractivity contribution in [2.24, 2.45) is 4.99 Å². The number of hydrogen-bond acceptors (Lipinski definition) is 2. The first-order valence-corrected chi connectivity index (χ1v) is 9.70. The minimum Gasteiger partial charge on any atom is -0.384 e. The number of benzene rings is 4. The molecule has 1 N–H and O–H groups in total. The van der Waals surface area contributed by atoms with E-state index in [1.807, 2.05) is 18.3 Å². The lowest BCUT2D eigenvalue weighted by Gasteiger charge is -2.14. The highest BCUT2D eigenvalue weighted by atomic mass is 14.9. The van der Waals surface area contributed by atoms with Gasteiger partial charge in [-0.25, -0.2) is 0 Å². The Kier molecular flexibility index (Phi) is 5.48. The van der Waals surface area contributed by atoms with Crippen LogP contribution in [0, 0.1) is 0 Å². The maximum absolute atomic E-state index is 4.71. The van der Waals surface area contributed by atoms with Crippen LogP contribution < -0.4 is 5.32 Å². The maximum Gasteiger partial charge on any atom is 0.0650 e. The Morgan fingerprint density at radius 3 is 2.46 bits per heavy atom. The van der Waals surface area contributed by atoms with Crippen molar-refractivity contribution in [3.8, 4) is 0 Å². The third kappa shape index (κ3) is 4.29. The van der Waals surface area contributed by atoms with Gasteiger partial charge in [-0.1, -0.05) is 85.8 Å². The summed E-state index contributed by atoms with van der Waals surface area (Å²) in [5, 5.41) is 5.99. The fourth-order valence-corrected chi connectivity index (χ4v) is 3.37. The minimum atomic E-state index is 0.448. The Labute approximate surface area is 166 Å². The molecule has 28 heavy (non-hydrogen) atoms. The molecule has 0 saturated heterocycles. The van der Waals surface area contributed by atoms with E-state index in [1.54, 1.807) is 0 Å².